The molecular weight excluding hydrogens is 200 g/mol. The predicted octanol–water partition coefficient (Wildman–Crippen LogP) is 1.47. The van der Waals surface area contributed by atoms with Gasteiger partial charge in [-0.25, -0.2) is 0 Å². The zero-order chi connectivity index (χ0) is 11.2. The Hall–Kier alpha value is -1.09. The number of carbonyl (C=O) groups excluding carboxylic acids is 1. The summed E-state index contributed by atoms with van der Waals surface area (Å²) >= 11 is 0. The molecule has 0 bridgehead atoms. The molecule has 0 aromatic carbocycles. The smallest absolute Gasteiger partial charge is 0.207 e. The Morgan fingerprint density at radius 2 is 2.19 bits per heavy atom. The lowest BCUT2D eigenvalue weighted by Gasteiger charge is -2.32. The van der Waals surface area contributed by atoms with E-state index in [4.69, 9.17) is 0 Å². The average Bonchev–Trinajstić information content (AvgIpc) is 2.33. The van der Waals surface area contributed by atoms with Gasteiger partial charge in [0, 0.05) is 25.7 Å². The summed E-state index contributed by atoms with van der Waals surface area (Å²) in [5.74, 6) is 0. The van der Waals surface area contributed by atoms with E-state index in [0.29, 0.717) is 6.04 Å². The first-order valence-electron chi connectivity index (χ1n) is 6.16. The van der Waals surface area contributed by atoms with Crippen LogP contribution in [0.2, 0.25) is 0 Å². The number of piperidine rings is 1. The van der Waals surface area contributed by atoms with Crippen molar-refractivity contribution in [3.8, 4) is 0 Å². The molecule has 3 heteroatoms. The van der Waals surface area contributed by atoms with Crippen LogP contribution in [-0.2, 0) is 4.79 Å². The third kappa shape index (κ3) is 3.20. The second-order valence-electron chi connectivity index (χ2n) is 4.59. The third-order valence-corrected chi connectivity index (χ3v) is 3.37. The fourth-order valence-electron chi connectivity index (χ4n) is 2.40. The molecule has 1 aliphatic carbocycles. The number of carbonyl (C=O) groups is 1. The summed E-state index contributed by atoms with van der Waals surface area (Å²) in [6.07, 6.45) is 12.2. The normalized spacial score (nSPS) is 22.9. The standard InChI is InChI=1S/C13H20N2O/c16-11-14-13-6-8-15(9-7-13)10-12-4-2-1-3-5-12/h2,4-5,11,13H,1,3,6-10H2,(H,14,16). The minimum absolute atomic E-state index is 0.393. The van der Waals surface area contributed by atoms with Crippen LogP contribution in [0.25, 0.3) is 0 Å². The van der Waals surface area contributed by atoms with Crippen LogP contribution >= 0.6 is 0 Å². The molecule has 0 radical (unpaired) electrons. The molecule has 3 nitrogen and oxygen atoms in total. The molecule has 1 aliphatic heterocycles. The van der Waals surface area contributed by atoms with Crippen LogP contribution < -0.4 is 5.32 Å². The molecule has 0 atom stereocenters. The maximum atomic E-state index is 10.3. The topological polar surface area (TPSA) is 32.3 Å². The molecule has 1 N–H and O–H groups in total. The highest BCUT2D eigenvalue weighted by Crippen LogP contribution is 2.15. The first kappa shape index (κ1) is 11.4. The summed E-state index contributed by atoms with van der Waals surface area (Å²) in [5.41, 5.74) is 1.45. The Morgan fingerprint density at radius 3 is 2.81 bits per heavy atom. The van der Waals surface area contributed by atoms with Crippen LogP contribution in [0.15, 0.2) is 23.8 Å². The maximum absolute atomic E-state index is 10.3. The number of likely N-dealkylation sites (tertiary alicyclic amines) is 1. The van der Waals surface area contributed by atoms with Crippen LogP contribution in [0.5, 0.6) is 0 Å². The van der Waals surface area contributed by atoms with E-state index in [-0.39, 0.29) is 0 Å². The van der Waals surface area contributed by atoms with Crippen LogP contribution in [0.3, 0.4) is 0 Å². The molecule has 88 valence electrons. The van der Waals surface area contributed by atoms with Crippen molar-refractivity contribution in [1.29, 1.82) is 0 Å². The van der Waals surface area contributed by atoms with E-state index >= 15 is 0 Å². The Bertz CT molecular complexity index is 288. The molecule has 1 amide bonds. The van der Waals surface area contributed by atoms with Gasteiger partial charge in [0.15, 0.2) is 0 Å². The van der Waals surface area contributed by atoms with Crippen molar-refractivity contribution in [3.63, 3.8) is 0 Å². The highest BCUT2D eigenvalue weighted by atomic mass is 16.1. The van der Waals surface area contributed by atoms with E-state index < -0.39 is 0 Å². The molecule has 0 unspecified atom stereocenters. The van der Waals surface area contributed by atoms with Gasteiger partial charge in [-0.3, -0.25) is 9.69 Å². The molecule has 0 aromatic heterocycles. The summed E-state index contributed by atoms with van der Waals surface area (Å²) in [4.78, 5) is 12.8. The fourth-order valence-corrected chi connectivity index (χ4v) is 2.40. The molecule has 1 saturated heterocycles. The Labute approximate surface area is 97.2 Å². The van der Waals surface area contributed by atoms with Gasteiger partial charge in [0.25, 0.3) is 0 Å². The molecule has 0 saturated carbocycles. The number of allylic oxidation sites excluding steroid dienone is 2. The summed E-state index contributed by atoms with van der Waals surface area (Å²) in [7, 11) is 0. The highest BCUT2D eigenvalue weighted by Gasteiger charge is 2.18. The number of hydrogen-bond donors (Lipinski definition) is 1. The molecule has 2 aliphatic rings. The number of rotatable bonds is 4. The zero-order valence-electron chi connectivity index (χ0n) is 9.69. The summed E-state index contributed by atoms with van der Waals surface area (Å²) < 4.78 is 0. The number of amides is 1. The van der Waals surface area contributed by atoms with Gasteiger partial charge < -0.3 is 5.32 Å². The summed E-state index contributed by atoms with van der Waals surface area (Å²) in [6, 6.07) is 0.393. The lowest BCUT2D eigenvalue weighted by atomic mass is 10.0. The second-order valence-corrected chi connectivity index (χ2v) is 4.59. The van der Waals surface area contributed by atoms with Gasteiger partial charge >= 0.3 is 0 Å². The van der Waals surface area contributed by atoms with Gasteiger partial charge in [0.2, 0.25) is 6.41 Å². The van der Waals surface area contributed by atoms with Gasteiger partial charge in [0.05, 0.1) is 0 Å². The van der Waals surface area contributed by atoms with Crippen LogP contribution in [0, 0.1) is 0 Å². The molecule has 16 heavy (non-hydrogen) atoms. The summed E-state index contributed by atoms with van der Waals surface area (Å²) in [6.45, 7) is 3.26. The zero-order valence-corrected chi connectivity index (χ0v) is 9.69. The van der Waals surface area contributed by atoms with Gasteiger partial charge in [-0.05, 0) is 31.3 Å². The Kier molecular flexibility index (Phi) is 4.17. The Morgan fingerprint density at radius 1 is 1.38 bits per heavy atom. The van der Waals surface area contributed by atoms with E-state index in [0.717, 1.165) is 38.9 Å². The molecule has 2 rings (SSSR count). The lowest BCUT2D eigenvalue weighted by Crippen LogP contribution is -2.42. The van der Waals surface area contributed by atoms with E-state index in [1.54, 1.807) is 0 Å². The third-order valence-electron chi connectivity index (χ3n) is 3.37. The van der Waals surface area contributed by atoms with E-state index in [2.05, 4.69) is 28.4 Å². The van der Waals surface area contributed by atoms with Gasteiger partial charge in [0.1, 0.15) is 0 Å². The van der Waals surface area contributed by atoms with Crippen molar-refractivity contribution < 1.29 is 4.79 Å². The Balaban J connectivity index is 1.74. The second kappa shape index (κ2) is 5.85. The molecule has 1 heterocycles. The SMILES string of the molecule is O=CNC1CCN(CC2=CCCC=C2)CC1. The van der Waals surface area contributed by atoms with Gasteiger partial charge in [-0.1, -0.05) is 18.2 Å². The minimum Gasteiger partial charge on any atom is -0.356 e. The van der Waals surface area contributed by atoms with Crippen molar-refractivity contribution in [2.45, 2.75) is 31.7 Å². The first-order chi connectivity index (χ1) is 7.88. The largest absolute Gasteiger partial charge is 0.356 e. The van der Waals surface area contributed by atoms with Crippen LogP contribution in [-0.4, -0.2) is 37.0 Å². The van der Waals surface area contributed by atoms with E-state index in [1.807, 2.05) is 0 Å². The van der Waals surface area contributed by atoms with Crippen molar-refractivity contribution in [2.75, 3.05) is 19.6 Å². The number of nitrogens with zero attached hydrogens (tertiary/aromatic N) is 1. The van der Waals surface area contributed by atoms with Gasteiger partial charge in [-0.15, -0.1) is 0 Å². The molecule has 0 aromatic rings. The molecule has 0 spiro atoms. The fraction of sp³-hybridized carbons (Fsp3) is 0.615. The van der Waals surface area contributed by atoms with Crippen LogP contribution in [0.4, 0.5) is 0 Å². The number of nitrogens with one attached hydrogen (secondary N) is 1. The van der Waals surface area contributed by atoms with Gasteiger partial charge in [-0.2, -0.15) is 0 Å². The molecular formula is C13H20N2O. The molecule has 1 fully saturated rings. The van der Waals surface area contributed by atoms with Crippen LogP contribution in [0.1, 0.15) is 25.7 Å². The maximum Gasteiger partial charge on any atom is 0.207 e. The van der Waals surface area contributed by atoms with Crippen molar-refractivity contribution >= 4 is 6.41 Å². The summed E-state index contributed by atoms with van der Waals surface area (Å²) in [5, 5.41) is 2.87. The monoisotopic (exact) mass is 220 g/mol. The van der Waals surface area contributed by atoms with Crippen molar-refractivity contribution in [1.82, 2.24) is 10.2 Å². The van der Waals surface area contributed by atoms with E-state index in [9.17, 15) is 4.79 Å². The highest BCUT2D eigenvalue weighted by molar-refractivity contribution is 5.46. The number of hydrogen-bond acceptors (Lipinski definition) is 2. The minimum atomic E-state index is 0.393. The quantitative estimate of drug-likeness (QED) is 0.728. The first-order valence-corrected chi connectivity index (χ1v) is 6.16. The predicted molar refractivity (Wildman–Crippen MR) is 65.1 cm³/mol. The average molecular weight is 220 g/mol. The lowest BCUT2D eigenvalue weighted by molar-refractivity contribution is -0.110. The van der Waals surface area contributed by atoms with Crippen molar-refractivity contribution in [3.05, 3.63) is 23.8 Å². The van der Waals surface area contributed by atoms with Crippen molar-refractivity contribution in [2.24, 2.45) is 0 Å². The van der Waals surface area contributed by atoms with E-state index in [1.165, 1.54) is 18.4 Å².